The standard InChI is InChI=1S/C30H37ClN6O/c1-33-14-16-35(17-15-33)24-6-7-25-27(19-24)34(2)29(38)26(20-32)28(25)36-11-8-30(9-12-36)10-13-37(21-30)23-5-3-4-22(31)18-23/h3-7,18-19,29,38H,8-17,21H2,1-2H3. The second kappa shape index (κ2) is 10.00. The fourth-order valence-corrected chi connectivity index (χ4v) is 6.94. The van der Waals surface area contributed by atoms with Gasteiger partial charge in [-0.3, -0.25) is 0 Å². The lowest BCUT2D eigenvalue weighted by Gasteiger charge is -2.44. The van der Waals surface area contributed by atoms with E-state index in [-0.39, 0.29) is 5.41 Å². The van der Waals surface area contributed by atoms with E-state index in [1.807, 2.05) is 24.1 Å². The number of anilines is 3. The molecule has 0 bridgehead atoms. The third-order valence-corrected chi connectivity index (χ3v) is 9.47. The molecule has 200 valence electrons. The van der Waals surface area contributed by atoms with Crippen molar-refractivity contribution in [3.63, 3.8) is 0 Å². The van der Waals surface area contributed by atoms with Gasteiger partial charge in [-0.2, -0.15) is 5.26 Å². The number of likely N-dealkylation sites (N-methyl/N-ethyl adjacent to an activating group) is 2. The van der Waals surface area contributed by atoms with Crippen LogP contribution >= 0.6 is 11.6 Å². The van der Waals surface area contributed by atoms with Crippen LogP contribution in [-0.2, 0) is 0 Å². The number of halogens is 1. The van der Waals surface area contributed by atoms with E-state index >= 15 is 0 Å². The molecule has 0 aromatic heterocycles. The van der Waals surface area contributed by atoms with Crippen LogP contribution in [0.1, 0.15) is 24.8 Å². The molecule has 4 aliphatic rings. The molecule has 7 nitrogen and oxygen atoms in total. The highest BCUT2D eigenvalue weighted by Gasteiger charge is 2.43. The second-order valence-electron chi connectivity index (χ2n) is 11.5. The Labute approximate surface area is 231 Å². The van der Waals surface area contributed by atoms with Gasteiger partial charge in [0, 0.05) is 81.4 Å². The Morgan fingerprint density at radius 2 is 1.55 bits per heavy atom. The van der Waals surface area contributed by atoms with Crippen molar-refractivity contribution in [1.82, 2.24) is 9.80 Å². The number of likely N-dealkylation sites (tertiary alicyclic amines) is 1. The van der Waals surface area contributed by atoms with Crippen molar-refractivity contribution < 1.29 is 5.11 Å². The van der Waals surface area contributed by atoms with Crippen molar-refractivity contribution >= 4 is 34.4 Å². The Bertz CT molecular complexity index is 1270. The van der Waals surface area contributed by atoms with Crippen LogP contribution in [0.25, 0.3) is 5.70 Å². The fraction of sp³-hybridized carbons (Fsp3) is 0.500. The molecule has 8 heteroatoms. The Hall–Kier alpha value is -2.92. The van der Waals surface area contributed by atoms with Gasteiger partial charge in [-0.15, -0.1) is 0 Å². The Balaban J connectivity index is 1.23. The van der Waals surface area contributed by atoms with E-state index in [1.165, 1.54) is 17.8 Å². The summed E-state index contributed by atoms with van der Waals surface area (Å²) in [5.41, 5.74) is 6.08. The molecule has 3 saturated heterocycles. The number of fused-ring (bicyclic) bond motifs is 1. The highest BCUT2D eigenvalue weighted by atomic mass is 35.5. The molecular weight excluding hydrogens is 496 g/mol. The van der Waals surface area contributed by atoms with Crippen molar-refractivity contribution in [3.8, 4) is 6.07 Å². The summed E-state index contributed by atoms with van der Waals surface area (Å²) in [6, 6.07) is 17.1. The summed E-state index contributed by atoms with van der Waals surface area (Å²) in [5.74, 6) is 0. The first-order chi connectivity index (χ1) is 18.4. The number of rotatable bonds is 3. The molecule has 2 aromatic carbocycles. The smallest absolute Gasteiger partial charge is 0.165 e. The SMILES string of the molecule is CN1CCN(c2ccc3c(c2)N(C)C(O)C(C#N)=C3N2CCC3(CC2)CCN(c2cccc(Cl)c2)C3)CC1. The van der Waals surface area contributed by atoms with Crippen LogP contribution in [0.5, 0.6) is 0 Å². The minimum absolute atomic E-state index is 0.282. The van der Waals surface area contributed by atoms with E-state index < -0.39 is 6.23 Å². The van der Waals surface area contributed by atoms with Gasteiger partial charge >= 0.3 is 0 Å². The molecule has 1 spiro atoms. The average Bonchev–Trinajstić information content (AvgIpc) is 3.35. The van der Waals surface area contributed by atoms with Crippen molar-refractivity contribution in [3.05, 3.63) is 58.6 Å². The van der Waals surface area contributed by atoms with E-state index in [0.717, 1.165) is 87.2 Å². The lowest BCUT2D eigenvalue weighted by atomic mass is 9.77. The van der Waals surface area contributed by atoms with Gasteiger partial charge in [-0.1, -0.05) is 17.7 Å². The maximum absolute atomic E-state index is 11.2. The lowest BCUT2D eigenvalue weighted by Crippen LogP contribution is -2.45. The van der Waals surface area contributed by atoms with Gasteiger partial charge in [-0.25, -0.2) is 0 Å². The summed E-state index contributed by atoms with van der Waals surface area (Å²) in [6.07, 6.45) is 2.39. The van der Waals surface area contributed by atoms with Gasteiger partial charge in [0.05, 0.1) is 11.4 Å². The number of piperidine rings is 1. The Morgan fingerprint density at radius 1 is 0.868 bits per heavy atom. The van der Waals surface area contributed by atoms with Crippen LogP contribution in [0.2, 0.25) is 5.02 Å². The molecule has 0 amide bonds. The van der Waals surface area contributed by atoms with E-state index in [1.54, 1.807) is 0 Å². The number of nitriles is 1. The summed E-state index contributed by atoms with van der Waals surface area (Å²) in [4.78, 5) is 11.4. The molecule has 0 radical (unpaired) electrons. The molecule has 2 aromatic rings. The minimum atomic E-state index is -0.939. The number of nitrogens with zero attached hydrogens (tertiary/aromatic N) is 6. The summed E-state index contributed by atoms with van der Waals surface area (Å²) in [7, 11) is 4.05. The number of piperazine rings is 1. The normalized spacial score (nSPS) is 23.7. The molecular formula is C30H37ClN6O. The molecule has 0 saturated carbocycles. The number of aliphatic hydroxyl groups is 1. The van der Waals surface area contributed by atoms with Crippen molar-refractivity contribution in [2.75, 3.05) is 81.2 Å². The number of hydrogen-bond donors (Lipinski definition) is 1. The zero-order valence-electron chi connectivity index (χ0n) is 22.4. The van der Waals surface area contributed by atoms with Gasteiger partial charge in [0.25, 0.3) is 0 Å². The van der Waals surface area contributed by atoms with Crippen LogP contribution in [0.4, 0.5) is 17.1 Å². The first kappa shape index (κ1) is 25.4. The average molecular weight is 533 g/mol. The van der Waals surface area contributed by atoms with E-state index in [2.05, 4.69) is 63.0 Å². The fourth-order valence-electron chi connectivity index (χ4n) is 6.76. The number of hydrogen-bond acceptors (Lipinski definition) is 7. The minimum Gasteiger partial charge on any atom is -0.371 e. The summed E-state index contributed by atoms with van der Waals surface area (Å²) in [6.45, 7) is 7.95. The molecule has 1 unspecified atom stereocenters. The first-order valence-corrected chi connectivity index (χ1v) is 14.1. The first-order valence-electron chi connectivity index (χ1n) is 13.8. The second-order valence-corrected chi connectivity index (χ2v) is 11.9. The quantitative estimate of drug-likeness (QED) is 0.639. The molecule has 6 rings (SSSR count). The van der Waals surface area contributed by atoms with E-state index in [4.69, 9.17) is 11.6 Å². The Kier molecular flexibility index (Phi) is 6.67. The highest BCUT2D eigenvalue weighted by molar-refractivity contribution is 6.30. The summed E-state index contributed by atoms with van der Waals surface area (Å²) in [5, 5.41) is 22.1. The van der Waals surface area contributed by atoms with Gasteiger partial charge in [0.1, 0.15) is 11.6 Å². The molecule has 38 heavy (non-hydrogen) atoms. The summed E-state index contributed by atoms with van der Waals surface area (Å²) >= 11 is 6.26. The number of benzene rings is 2. The van der Waals surface area contributed by atoms with Gasteiger partial charge < -0.3 is 29.6 Å². The van der Waals surface area contributed by atoms with Crippen LogP contribution in [0.15, 0.2) is 48.0 Å². The molecule has 4 heterocycles. The highest BCUT2D eigenvalue weighted by Crippen LogP contribution is 2.46. The molecule has 3 fully saturated rings. The zero-order valence-corrected chi connectivity index (χ0v) is 23.2. The third-order valence-electron chi connectivity index (χ3n) is 9.24. The van der Waals surface area contributed by atoms with Crippen LogP contribution in [0, 0.1) is 16.7 Å². The Morgan fingerprint density at radius 3 is 2.24 bits per heavy atom. The molecule has 1 N–H and O–H groups in total. The largest absolute Gasteiger partial charge is 0.371 e. The lowest BCUT2D eigenvalue weighted by molar-refractivity contribution is 0.159. The molecule has 4 aliphatic heterocycles. The molecule has 0 aliphatic carbocycles. The van der Waals surface area contributed by atoms with Crippen molar-refractivity contribution in [2.45, 2.75) is 25.5 Å². The molecule has 1 atom stereocenters. The van der Waals surface area contributed by atoms with Gasteiger partial charge in [0.2, 0.25) is 0 Å². The topological polar surface area (TPSA) is 60.2 Å². The van der Waals surface area contributed by atoms with Crippen molar-refractivity contribution in [2.24, 2.45) is 5.41 Å². The van der Waals surface area contributed by atoms with Crippen LogP contribution in [0.3, 0.4) is 0 Å². The van der Waals surface area contributed by atoms with Crippen LogP contribution in [-0.4, -0.2) is 87.6 Å². The summed E-state index contributed by atoms with van der Waals surface area (Å²) < 4.78 is 0. The maximum Gasteiger partial charge on any atom is 0.165 e. The monoisotopic (exact) mass is 532 g/mol. The third kappa shape index (κ3) is 4.49. The predicted molar refractivity (Wildman–Crippen MR) is 155 cm³/mol. The van der Waals surface area contributed by atoms with Crippen molar-refractivity contribution in [1.29, 1.82) is 5.26 Å². The van der Waals surface area contributed by atoms with Crippen LogP contribution < -0.4 is 14.7 Å². The number of aliphatic hydroxyl groups excluding tert-OH is 1. The van der Waals surface area contributed by atoms with E-state index in [0.29, 0.717) is 5.57 Å². The van der Waals surface area contributed by atoms with Gasteiger partial charge in [0.15, 0.2) is 6.23 Å². The van der Waals surface area contributed by atoms with Gasteiger partial charge in [-0.05, 0) is 68.1 Å². The van der Waals surface area contributed by atoms with E-state index in [9.17, 15) is 10.4 Å². The zero-order chi connectivity index (χ0) is 26.4. The maximum atomic E-state index is 11.2. The predicted octanol–water partition coefficient (Wildman–Crippen LogP) is 4.09.